The predicted molar refractivity (Wildman–Crippen MR) is 85.3 cm³/mol. The molecular formula is C16H16N4O3. The second-order valence-electron chi connectivity index (χ2n) is 5.09. The summed E-state index contributed by atoms with van der Waals surface area (Å²) < 4.78 is 5.46. The number of anilines is 2. The van der Waals surface area contributed by atoms with E-state index in [4.69, 9.17) is 4.74 Å². The van der Waals surface area contributed by atoms with Gasteiger partial charge in [-0.3, -0.25) is 9.78 Å². The summed E-state index contributed by atoms with van der Waals surface area (Å²) in [5.74, 6) is 0.366. The van der Waals surface area contributed by atoms with Gasteiger partial charge in [0.2, 0.25) is 0 Å². The van der Waals surface area contributed by atoms with Gasteiger partial charge in [-0.25, -0.2) is 4.79 Å². The van der Waals surface area contributed by atoms with E-state index < -0.39 is 6.10 Å². The number of aromatic nitrogens is 1. The average molecular weight is 312 g/mol. The first-order valence-corrected chi connectivity index (χ1v) is 7.18. The van der Waals surface area contributed by atoms with Gasteiger partial charge in [0.05, 0.1) is 17.9 Å². The minimum atomic E-state index is -0.525. The molecule has 3 amide bonds. The summed E-state index contributed by atoms with van der Waals surface area (Å²) >= 11 is 0. The summed E-state index contributed by atoms with van der Waals surface area (Å²) in [6.45, 7) is 2.00. The molecule has 3 rings (SSSR count). The topological polar surface area (TPSA) is 92.3 Å². The lowest BCUT2D eigenvalue weighted by molar-refractivity contribution is -0.122. The van der Waals surface area contributed by atoms with Gasteiger partial charge in [-0.1, -0.05) is 6.07 Å². The molecule has 7 nitrogen and oxygen atoms in total. The molecule has 1 atom stereocenters. The van der Waals surface area contributed by atoms with Crippen LogP contribution in [-0.4, -0.2) is 23.0 Å². The van der Waals surface area contributed by atoms with Crippen LogP contribution in [-0.2, 0) is 11.3 Å². The average Bonchev–Trinajstić information content (AvgIpc) is 2.55. The first-order valence-electron chi connectivity index (χ1n) is 7.18. The molecule has 3 N–H and O–H groups in total. The van der Waals surface area contributed by atoms with Gasteiger partial charge in [0, 0.05) is 11.9 Å². The number of rotatable bonds is 3. The van der Waals surface area contributed by atoms with Crippen LogP contribution >= 0.6 is 0 Å². The van der Waals surface area contributed by atoms with E-state index in [9.17, 15) is 9.59 Å². The zero-order chi connectivity index (χ0) is 16.2. The minimum Gasteiger partial charge on any atom is -0.479 e. The van der Waals surface area contributed by atoms with E-state index in [0.717, 1.165) is 5.69 Å². The first kappa shape index (κ1) is 14.8. The number of ether oxygens (including phenoxy) is 1. The maximum absolute atomic E-state index is 11.9. The second kappa shape index (κ2) is 6.35. The van der Waals surface area contributed by atoms with Crippen LogP contribution in [0.15, 0.2) is 42.6 Å². The molecule has 2 heterocycles. The molecule has 0 spiro atoms. The maximum Gasteiger partial charge on any atom is 0.319 e. The van der Waals surface area contributed by atoms with E-state index in [1.807, 2.05) is 18.2 Å². The van der Waals surface area contributed by atoms with Crippen molar-refractivity contribution < 1.29 is 14.3 Å². The molecule has 0 fully saturated rings. The van der Waals surface area contributed by atoms with Crippen molar-refractivity contribution in [3.8, 4) is 5.75 Å². The van der Waals surface area contributed by atoms with Gasteiger partial charge in [-0.05, 0) is 37.3 Å². The highest BCUT2D eigenvalue weighted by molar-refractivity contribution is 5.99. The molecule has 0 aliphatic carbocycles. The normalized spacial score (nSPS) is 15.9. The predicted octanol–water partition coefficient (Wildman–Crippen LogP) is 2.12. The molecule has 0 unspecified atom stereocenters. The van der Waals surface area contributed by atoms with E-state index in [0.29, 0.717) is 23.7 Å². The smallest absolute Gasteiger partial charge is 0.319 e. The summed E-state index contributed by atoms with van der Waals surface area (Å²) in [4.78, 5) is 27.6. The van der Waals surface area contributed by atoms with Crippen molar-refractivity contribution in [3.63, 3.8) is 0 Å². The number of nitrogens with zero attached hydrogens (tertiary/aromatic N) is 1. The third-order valence-corrected chi connectivity index (χ3v) is 3.32. The molecule has 0 radical (unpaired) electrons. The number of nitrogens with one attached hydrogen (secondary N) is 3. The van der Waals surface area contributed by atoms with Crippen molar-refractivity contribution in [2.45, 2.75) is 19.6 Å². The summed E-state index contributed by atoms with van der Waals surface area (Å²) in [6.07, 6.45) is 1.14. The number of pyridine rings is 1. The molecule has 2 aromatic rings. The van der Waals surface area contributed by atoms with Gasteiger partial charge in [0.25, 0.3) is 5.91 Å². The molecule has 1 aliphatic rings. The molecule has 1 aromatic carbocycles. The number of benzene rings is 1. The fourth-order valence-corrected chi connectivity index (χ4v) is 2.14. The number of fused-ring (bicyclic) bond motifs is 1. The Kier molecular flexibility index (Phi) is 4.09. The zero-order valence-electron chi connectivity index (χ0n) is 12.5. The highest BCUT2D eigenvalue weighted by atomic mass is 16.5. The van der Waals surface area contributed by atoms with Gasteiger partial charge < -0.3 is 20.7 Å². The van der Waals surface area contributed by atoms with Crippen LogP contribution in [0.1, 0.15) is 12.6 Å². The lowest BCUT2D eigenvalue weighted by atomic mass is 10.2. The molecular weight excluding hydrogens is 296 g/mol. The number of amides is 3. The monoisotopic (exact) mass is 312 g/mol. The molecule has 0 saturated heterocycles. The third-order valence-electron chi connectivity index (χ3n) is 3.32. The van der Waals surface area contributed by atoms with Crippen molar-refractivity contribution in [2.75, 3.05) is 10.6 Å². The van der Waals surface area contributed by atoms with Crippen LogP contribution < -0.4 is 20.7 Å². The fraction of sp³-hybridized carbons (Fsp3) is 0.188. The number of hydrogen-bond donors (Lipinski definition) is 3. The van der Waals surface area contributed by atoms with Crippen LogP contribution in [0.2, 0.25) is 0 Å². The van der Waals surface area contributed by atoms with Gasteiger partial charge in [-0.15, -0.1) is 0 Å². The zero-order valence-corrected chi connectivity index (χ0v) is 12.5. The van der Waals surface area contributed by atoms with E-state index in [2.05, 4.69) is 20.9 Å². The fourth-order valence-electron chi connectivity index (χ4n) is 2.14. The lowest BCUT2D eigenvalue weighted by Crippen LogP contribution is -2.34. The number of hydrogen-bond acceptors (Lipinski definition) is 4. The molecule has 23 heavy (non-hydrogen) atoms. The van der Waals surface area contributed by atoms with Gasteiger partial charge in [0.1, 0.15) is 5.75 Å². The number of urea groups is 1. The standard InChI is InChI=1S/C16H16N4O3/c1-10-15(21)20-13-8-11(5-6-14(13)23-10)19-16(22)18-9-12-4-2-3-7-17-12/h2-8,10H,9H2,1H3,(H,20,21)(H2,18,19,22)/t10-/m1/s1. The lowest BCUT2D eigenvalue weighted by Gasteiger charge is -2.23. The Hall–Kier alpha value is -3.09. The van der Waals surface area contributed by atoms with Crippen LogP contribution in [0.4, 0.5) is 16.2 Å². The summed E-state index contributed by atoms with van der Waals surface area (Å²) in [7, 11) is 0. The molecule has 7 heteroatoms. The minimum absolute atomic E-state index is 0.214. The Morgan fingerprint density at radius 2 is 2.22 bits per heavy atom. The Labute approximate surface area is 133 Å². The summed E-state index contributed by atoms with van der Waals surface area (Å²) in [6, 6.07) is 10.2. The van der Waals surface area contributed by atoms with Gasteiger partial charge in [0.15, 0.2) is 6.10 Å². The Morgan fingerprint density at radius 3 is 3.00 bits per heavy atom. The quantitative estimate of drug-likeness (QED) is 0.809. The number of carbonyl (C=O) groups excluding carboxylic acids is 2. The van der Waals surface area contributed by atoms with Gasteiger partial charge in [-0.2, -0.15) is 0 Å². The molecule has 0 bridgehead atoms. The first-order chi connectivity index (χ1) is 11.1. The third kappa shape index (κ3) is 3.57. The van der Waals surface area contributed by atoms with Crippen molar-refractivity contribution in [1.29, 1.82) is 0 Å². The number of carbonyl (C=O) groups is 2. The van der Waals surface area contributed by atoms with Crippen molar-refractivity contribution in [1.82, 2.24) is 10.3 Å². The Bertz CT molecular complexity index is 733. The molecule has 1 aromatic heterocycles. The highest BCUT2D eigenvalue weighted by Gasteiger charge is 2.23. The van der Waals surface area contributed by atoms with Crippen LogP contribution in [0, 0.1) is 0 Å². The van der Waals surface area contributed by atoms with Crippen molar-refractivity contribution in [2.24, 2.45) is 0 Å². The summed E-state index contributed by atoms with van der Waals surface area (Å²) in [5.41, 5.74) is 1.86. The molecule has 0 saturated carbocycles. The van der Waals surface area contributed by atoms with E-state index >= 15 is 0 Å². The summed E-state index contributed by atoms with van der Waals surface area (Å²) in [5, 5.41) is 8.15. The molecule has 118 valence electrons. The second-order valence-corrected chi connectivity index (χ2v) is 5.09. The maximum atomic E-state index is 11.9. The van der Waals surface area contributed by atoms with Crippen molar-refractivity contribution >= 4 is 23.3 Å². The Balaban J connectivity index is 1.61. The van der Waals surface area contributed by atoms with Crippen molar-refractivity contribution in [3.05, 3.63) is 48.3 Å². The molecule has 1 aliphatic heterocycles. The highest BCUT2D eigenvalue weighted by Crippen LogP contribution is 2.32. The van der Waals surface area contributed by atoms with Crippen LogP contribution in [0.5, 0.6) is 5.75 Å². The van der Waals surface area contributed by atoms with E-state index in [1.165, 1.54) is 0 Å². The Morgan fingerprint density at radius 1 is 1.35 bits per heavy atom. The van der Waals surface area contributed by atoms with E-state index in [-0.39, 0.29) is 11.9 Å². The van der Waals surface area contributed by atoms with Crippen LogP contribution in [0.25, 0.3) is 0 Å². The van der Waals surface area contributed by atoms with Gasteiger partial charge >= 0.3 is 6.03 Å². The SMILES string of the molecule is C[C@H]1Oc2ccc(NC(=O)NCc3ccccn3)cc2NC1=O. The van der Waals surface area contributed by atoms with Crippen LogP contribution in [0.3, 0.4) is 0 Å². The largest absolute Gasteiger partial charge is 0.479 e. The van der Waals surface area contributed by atoms with E-state index in [1.54, 1.807) is 31.3 Å².